The van der Waals surface area contributed by atoms with Crippen LogP contribution in [0, 0.1) is 0 Å². The smallest absolute Gasteiger partial charge is 0.412 e. The van der Waals surface area contributed by atoms with Gasteiger partial charge < -0.3 is 13.8 Å². The van der Waals surface area contributed by atoms with Gasteiger partial charge in [-0.3, -0.25) is 4.79 Å². The maximum absolute atomic E-state index is 12.5. The number of rotatable bonds is 7. The molecule has 0 heterocycles. The number of hydrogen-bond acceptors (Lipinski definition) is 4. The van der Waals surface area contributed by atoms with Gasteiger partial charge in [-0.2, -0.15) is 13.2 Å². The first-order valence-corrected chi connectivity index (χ1v) is 5.94. The van der Waals surface area contributed by atoms with E-state index in [4.69, 9.17) is 0 Å². The lowest BCUT2D eigenvalue weighted by molar-refractivity contribution is -0.155. The molecule has 0 aromatic rings. The molecule has 0 aliphatic carbocycles. The van der Waals surface area contributed by atoms with Crippen LogP contribution in [0.3, 0.4) is 0 Å². The fourth-order valence-electron chi connectivity index (χ4n) is 0.629. The van der Waals surface area contributed by atoms with Gasteiger partial charge in [-0.1, -0.05) is 0 Å². The summed E-state index contributed by atoms with van der Waals surface area (Å²) in [5.41, 5.74) is 0. The SMILES string of the molecule is COC(=O)CP(OCC(C)(F)F)OCC(F)(F)F. The molecule has 0 radical (unpaired) electrons. The van der Waals surface area contributed by atoms with Gasteiger partial charge in [0.15, 0.2) is 8.38 Å². The van der Waals surface area contributed by atoms with Crippen LogP contribution >= 0.6 is 8.38 Å². The standard InChI is InChI=1S/C8H12F5O4P/c1-7(9,10)4-16-18(3-6(14)15-2)17-5-8(11,12)13/h3-5H2,1-2H3. The van der Waals surface area contributed by atoms with Crippen molar-refractivity contribution in [3.63, 3.8) is 0 Å². The van der Waals surface area contributed by atoms with Crippen molar-refractivity contribution in [2.24, 2.45) is 0 Å². The maximum Gasteiger partial charge on any atom is 0.412 e. The molecule has 0 spiro atoms. The first-order chi connectivity index (χ1) is 8.03. The highest BCUT2D eigenvalue weighted by Gasteiger charge is 2.32. The Balaban J connectivity index is 4.29. The van der Waals surface area contributed by atoms with Crippen LogP contribution in [0.25, 0.3) is 0 Å². The van der Waals surface area contributed by atoms with Crippen LogP contribution in [0.4, 0.5) is 22.0 Å². The van der Waals surface area contributed by atoms with Gasteiger partial charge in [0.2, 0.25) is 0 Å². The Bertz CT molecular complexity index is 247. The van der Waals surface area contributed by atoms with Crippen molar-refractivity contribution in [3.05, 3.63) is 0 Å². The van der Waals surface area contributed by atoms with Gasteiger partial charge in [-0.15, -0.1) is 0 Å². The van der Waals surface area contributed by atoms with Gasteiger partial charge in [0.1, 0.15) is 19.4 Å². The molecule has 0 aliphatic rings. The predicted molar refractivity (Wildman–Crippen MR) is 52.4 cm³/mol. The Kier molecular flexibility index (Phi) is 6.94. The van der Waals surface area contributed by atoms with Gasteiger partial charge in [-0.25, -0.2) is 8.78 Å². The third-order valence-corrected chi connectivity index (χ3v) is 2.67. The molecule has 18 heavy (non-hydrogen) atoms. The van der Waals surface area contributed by atoms with Gasteiger partial charge >= 0.3 is 12.1 Å². The van der Waals surface area contributed by atoms with E-state index in [1.165, 1.54) is 0 Å². The zero-order valence-electron chi connectivity index (χ0n) is 9.59. The summed E-state index contributed by atoms with van der Waals surface area (Å²) in [4.78, 5) is 10.8. The molecule has 0 fully saturated rings. The molecular weight excluding hydrogens is 286 g/mol. The van der Waals surface area contributed by atoms with E-state index in [1.807, 2.05) is 0 Å². The van der Waals surface area contributed by atoms with Gasteiger partial charge in [-0.05, 0) is 0 Å². The lowest BCUT2D eigenvalue weighted by atomic mass is 10.4. The van der Waals surface area contributed by atoms with E-state index in [0.29, 0.717) is 6.92 Å². The van der Waals surface area contributed by atoms with E-state index in [2.05, 4.69) is 13.8 Å². The highest BCUT2D eigenvalue weighted by Crippen LogP contribution is 2.41. The number of hydrogen-bond donors (Lipinski definition) is 0. The molecule has 4 nitrogen and oxygen atoms in total. The summed E-state index contributed by atoms with van der Waals surface area (Å²) in [6.07, 6.45) is -5.27. The average molecular weight is 298 g/mol. The molecule has 0 saturated heterocycles. The van der Waals surface area contributed by atoms with E-state index < -0.39 is 45.8 Å². The van der Waals surface area contributed by atoms with Gasteiger partial charge in [0.25, 0.3) is 5.92 Å². The summed E-state index contributed by atoms with van der Waals surface area (Å²) in [5, 5.41) is 0. The Labute approximate surface area is 101 Å². The second-order valence-electron chi connectivity index (χ2n) is 3.30. The molecule has 0 aliphatic heterocycles. The van der Waals surface area contributed by atoms with Crippen molar-refractivity contribution in [1.29, 1.82) is 0 Å². The molecule has 0 aromatic carbocycles. The van der Waals surface area contributed by atoms with Crippen molar-refractivity contribution >= 4 is 14.3 Å². The second kappa shape index (κ2) is 7.16. The lowest BCUT2D eigenvalue weighted by Crippen LogP contribution is -2.21. The van der Waals surface area contributed by atoms with Gasteiger partial charge in [0, 0.05) is 6.92 Å². The van der Waals surface area contributed by atoms with Crippen molar-refractivity contribution < 1.29 is 40.5 Å². The van der Waals surface area contributed by atoms with Crippen LogP contribution in [-0.4, -0.2) is 44.6 Å². The monoisotopic (exact) mass is 298 g/mol. The largest absolute Gasteiger partial charge is 0.469 e. The van der Waals surface area contributed by atoms with Crippen molar-refractivity contribution in [1.82, 2.24) is 0 Å². The summed E-state index contributed by atoms with van der Waals surface area (Å²) in [5.74, 6) is -4.12. The molecule has 10 heteroatoms. The van der Waals surface area contributed by atoms with Crippen LogP contribution in [-0.2, 0) is 18.6 Å². The first-order valence-electron chi connectivity index (χ1n) is 4.58. The minimum atomic E-state index is -4.63. The number of alkyl halides is 5. The quantitative estimate of drug-likeness (QED) is 0.412. The third kappa shape index (κ3) is 10.6. The van der Waals surface area contributed by atoms with Crippen LogP contribution in [0.2, 0.25) is 0 Å². The summed E-state index contributed by atoms with van der Waals surface area (Å²) in [7, 11) is -1.40. The van der Waals surface area contributed by atoms with E-state index in [0.717, 1.165) is 7.11 Å². The number of methoxy groups -OCH3 is 1. The van der Waals surface area contributed by atoms with E-state index >= 15 is 0 Å². The molecule has 0 aromatic heterocycles. The van der Waals surface area contributed by atoms with Crippen LogP contribution in [0.5, 0.6) is 0 Å². The molecule has 1 unspecified atom stereocenters. The number of esters is 1. The van der Waals surface area contributed by atoms with E-state index in [-0.39, 0.29) is 0 Å². The molecule has 0 saturated carbocycles. The van der Waals surface area contributed by atoms with Crippen molar-refractivity contribution in [2.45, 2.75) is 19.0 Å². The summed E-state index contributed by atoms with van der Waals surface area (Å²) >= 11 is 0. The Morgan fingerprint density at radius 3 is 2.00 bits per heavy atom. The Hall–Kier alpha value is -0.530. The number of carbonyl (C=O) groups excluding carboxylic acids is 1. The van der Waals surface area contributed by atoms with Crippen molar-refractivity contribution in [2.75, 3.05) is 26.5 Å². The minimum Gasteiger partial charge on any atom is -0.469 e. The van der Waals surface area contributed by atoms with Crippen LogP contribution in [0.1, 0.15) is 6.92 Å². The van der Waals surface area contributed by atoms with Crippen LogP contribution in [0.15, 0.2) is 0 Å². The van der Waals surface area contributed by atoms with Crippen LogP contribution < -0.4 is 0 Å². The Morgan fingerprint density at radius 1 is 1.11 bits per heavy atom. The minimum absolute atomic E-state index is 0.530. The van der Waals surface area contributed by atoms with Gasteiger partial charge in [0.05, 0.1) is 7.11 Å². The third-order valence-electron chi connectivity index (χ3n) is 1.32. The molecule has 0 rings (SSSR count). The lowest BCUT2D eigenvalue weighted by Gasteiger charge is -2.19. The molecule has 0 N–H and O–H groups in total. The highest BCUT2D eigenvalue weighted by atomic mass is 31.2. The second-order valence-corrected chi connectivity index (χ2v) is 4.80. The molecular formula is C8H12F5O4P. The molecule has 1 atom stereocenters. The summed E-state index contributed by atoms with van der Waals surface area (Å²) in [6.45, 7) is -2.28. The highest BCUT2D eigenvalue weighted by molar-refractivity contribution is 7.48. The normalized spacial score (nSPS) is 14.4. The number of halogens is 5. The average Bonchev–Trinajstić information content (AvgIpc) is 2.19. The topological polar surface area (TPSA) is 44.8 Å². The fourth-order valence-corrected chi connectivity index (χ4v) is 1.89. The number of ether oxygens (including phenoxy) is 1. The van der Waals surface area contributed by atoms with E-state index in [1.54, 1.807) is 0 Å². The first kappa shape index (κ1) is 17.5. The zero-order chi connectivity index (χ0) is 14.4. The van der Waals surface area contributed by atoms with Crippen molar-refractivity contribution in [3.8, 4) is 0 Å². The molecule has 0 bridgehead atoms. The van der Waals surface area contributed by atoms with E-state index in [9.17, 15) is 26.7 Å². The fraction of sp³-hybridized carbons (Fsp3) is 0.875. The maximum atomic E-state index is 12.5. The Morgan fingerprint density at radius 2 is 1.61 bits per heavy atom. The predicted octanol–water partition coefficient (Wildman–Crippen LogP) is 2.72. The number of carbonyl (C=O) groups is 1. The summed E-state index contributed by atoms with van der Waals surface area (Å²) < 4.78 is 73.5. The molecule has 0 amide bonds. The summed E-state index contributed by atoms with van der Waals surface area (Å²) in [6, 6.07) is 0. The zero-order valence-corrected chi connectivity index (χ0v) is 10.5. The molecule has 108 valence electrons.